The summed E-state index contributed by atoms with van der Waals surface area (Å²) in [6.07, 6.45) is 1.63. The number of aromatic nitrogens is 2. The predicted molar refractivity (Wildman–Crippen MR) is 65.1 cm³/mol. The molecule has 0 aliphatic heterocycles. The van der Waals surface area contributed by atoms with Crippen molar-refractivity contribution in [2.75, 3.05) is 0 Å². The van der Waals surface area contributed by atoms with E-state index in [0.717, 1.165) is 16.1 Å². The van der Waals surface area contributed by atoms with E-state index in [-0.39, 0.29) is 11.6 Å². The normalized spacial score (nSPS) is 12.7. The van der Waals surface area contributed by atoms with Crippen molar-refractivity contribution >= 4 is 11.6 Å². The van der Waals surface area contributed by atoms with Gasteiger partial charge in [-0.15, -0.1) is 0 Å². The average Bonchev–Trinajstić information content (AvgIpc) is 2.67. The molecule has 0 aliphatic rings. The summed E-state index contributed by atoms with van der Waals surface area (Å²) < 4.78 is 1.57. The highest BCUT2D eigenvalue weighted by Crippen LogP contribution is 2.22. The summed E-state index contributed by atoms with van der Waals surface area (Å²) >= 11 is 6.06. The minimum Gasteiger partial charge on any atom is -0.302 e. The van der Waals surface area contributed by atoms with Crippen LogP contribution in [0.2, 0.25) is 5.02 Å². The first-order chi connectivity index (χ1) is 7.59. The minimum absolute atomic E-state index is 0.0378. The maximum absolute atomic E-state index is 11.5. The molecular weight excluding hydrogens is 224 g/mol. The van der Waals surface area contributed by atoms with Crippen LogP contribution in [0.25, 0.3) is 0 Å². The summed E-state index contributed by atoms with van der Waals surface area (Å²) in [6, 6.07) is 7.31. The van der Waals surface area contributed by atoms with Crippen molar-refractivity contribution in [2.24, 2.45) is 0 Å². The number of halogens is 1. The van der Waals surface area contributed by atoms with E-state index in [1.165, 1.54) is 6.07 Å². The minimum atomic E-state index is -0.0411. The Kier molecular flexibility index (Phi) is 2.88. The Morgan fingerprint density at radius 2 is 2.12 bits per heavy atom. The fraction of sp³-hybridized carbons (Fsp3) is 0.250. The molecule has 0 fully saturated rings. The van der Waals surface area contributed by atoms with Crippen LogP contribution < -0.4 is 5.56 Å². The van der Waals surface area contributed by atoms with E-state index in [0.29, 0.717) is 0 Å². The first kappa shape index (κ1) is 11.0. The van der Waals surface area contributed by atoms with Crippen LogP contribution in [0.1, 0.15) is 24.1 Å². The van der Waals surface area contributed by atoms with Gasteiger partial charge in [0, 0.05) is 17.3 Å². The van der Waals surface area contributed by atoms with Crippen LogP contribution >= 0.6 is 11.6 Å². The zero-order valence-electron chi connectivity index (χ0n) is 9.20. The van der Waals surface area contributed by atoms with Gasteiger partial charge in [-0.1, -0.05) is 23.7 Å². The number of aromatic amines is 1. The van der Waals surface area contributed by atoms with E-state index < -0.39 is 0 Å². The molecule has 1 atom stereocenters. The molecule has 1 aromatic heterocycles. The molecule has 2 aromatic rings. The molecule has 84 valence electrons. The number of nitrogens with zero attached hydrogens (tertiary/aromatic N) is 1. The van der Waals surface area contributed by atoms with Gasteiger partial charge in [-0.2, -0.15) is 0 Å². The fourth-order valence-corrected chi connectivity index (χ4v) is 1.84. The van der Waals surface area contributed by atoms with Gasteiger partial charge in [0.05, 0.1) is 6.04 Å². The molecule has 1 heterocycles. The molecule has 16 heavy (non-hydrogen) atoms. The zero-order chi connectivity index (χ0) is 11.7. The van der Waals surface area contributed by atoms with Gasteiger partial charge in [0.25, 0.3) is 5.56 Å². The van der Waals surface area contributed by atoms with Crippen LogP contribution in [0, 0.1) is 6.92 Å². The number of nitrogens with one attached hydrogen (secondary N) is 1. The van der Waals surface area contributed by atoms with Crippen LogP contribution in [0.3, 0.4) is 0 Å². The lowest BCUT2D eigenvalue weighted by atomic mass is 10.1. The third-order valence-electron chi connectivity index (χ3n) is 2.74. The summed E-state index contributed by atoms with van der Waals surface area (Å²) in [5.74, 6) is 0. The number of rotatable bonds is 2. The van der Waals surface area contributed by atoms with Gasteiger partial charge in [-0.25, -0.2) is 4.68 Å². The number of hydrogen-bond acceptors (Lipinski definition) is 1. The molecule has 4 heteroatoms. The molecule has 1 N–H and O–H groups in total. The highest BCUT2D eigenvalue weighted by atomic mass is 35.5. The molecule has 3 nitrogen and oxygen atoms in total. The number of H-pyrrole nitrogens is 1. The molecule has 2 rings (SSSR count). The van der Waals surface area contributed by atoms with Crippen molar-refractivity contribution in [1.29, 1.82) is 0 Å². The van der Waals surface area contributed by atoms with Gasteiger partial charge < -0.3 is 5.10 Å². The lowest BCUT2D eigenvalue weighted by Crippen LogP contribution is -2.20. The summed E-state index contributed by atoms with van der Waals surface area (Å²) in [5, 5.41) is 3.62. The van der Waals surface area contributed by atoms with E-state index >= 15 is 0 Å². The van der Waals surface area contributed by atoms with Crippen molar-refractivity contribution in [3.05, 3.63) is 57.0 Å². The van der Waals surface area contributed by atoms with E-state index in [1.807, 2.05) is 32.0 Å². The van der Waals surface area contributed by atoms with Crippen molar-refractivity contribution in [1.82, 2.24) is 9.78 Å². The second kappa shape index (κ2) is 4.18. The maximum atomic E-state index is 11.5. The molecule has 0 spiro atoms. The quantitative estimate of drug-likeness (QED) is 0.856. The molecule has 1 aromatic carbocycles. The Labute approximate surface area is 98.7 Å². The number of hydrogen-bond donors (Lipinski definition) is 1. The van der Waals surface area contributed by atoms with Crippen LogP contribution in [-0.4, -0.2) is 9.78 Å². The standard InChI is InChI=1S/C12H13ClN2O/c1-8-3-4-10(7-11(8)13)9(2)15-12(16)5-6-14-15/h3-7,9,14H,1-2H3. The Hall–Kier alpha value is -1.48. The molecule has 0 aliphatic carbocycles. The van der Waals surface area contributed by atoms with Gasteiger partial charge in [-0.3, -0.25) is 4.79 Å². The van der Waals surface area contributed by atoms with Crippen LogP contribution in [0.5, 0.6) is 0 Å². The molecular formula is C12H13ClN2O. The lowest BCUT2D eigenvalue weighted by molar-refractivity contribution is 0.547. The van der Waals surface area contributed by atoms with Crippen molar-refractivity contribution in [3.63, 3.8) is 0 Å². The predicted octanol–water partition coefficient (Wildman–Crippen LogP) is 2.75. The number of aryl methyl sites for hydroxylation is 1. The zero-order valence-corrected chi connectivity index (χ0v) is 9.95. The van der Waals surface area contributed by atoms with Crippen molar-refractivity contribution in [2.45, 2.75) is 19.9 Å². The van der Waals surface area contributed by atoms with Crippen LogP contribution in [0.15, 0.2) is 35.3 Å². The summed E-state index contributed by atoms with van der Waals surface area (Å²) in [5.41, 5.74) is 2.01. The van der Waals surface area contributed by atoms with Gasteiger partial charge in [0.1, 0.15) is 0 Å². The average molecular weight is 237 g/mol. The summed E-state index contributed by atoms with van der Waals surface area (Å²) in [7, 11) is 0. The lowest BCUT2D eigenvalue weighted by Gasteiger charge is -2.13. The Bertz CT molecular complexity index is 556. The molecule has 0 amide bonds. The Balaban J connectivity index is 2.42. The molecule has 0 bridgehead atoms. The van der Waals surface area contributed by atoms with Gasteiger partial charge in [0.2, 0.25) is 0 Å². The smallest absolute Gasteiger partial charge is 0.266 e. The third-order valence-corrected chi connectivity index (χ3v) is 3.15. The molecule has 0 saturated carbocycles. The summed E-state index contributed by atoms with van der Waals surface area (Å²) in [4.78, 5) is 11.5. The fourth-order valence-electron chi connectivity index (χ4n) is 1.65. The largest absolute Gasteiger partial charge is 0.302 e. The van der Waals surface area contributed by atoms with E-state index in [9.17, 15) is 4.79 Å². The van der Waals surface area contributed by atoms with E-state index in [1.54, 1.807) is 10.9 Å². The highest BCUT2D eigenvalue weighted by molar-refractivity contribution is 6.31. The maximum Gasteiger partial charge on any atom is 0.266 e. The van der Waals surface area contributed by atoms with E-state index in [2.05, 4.69) is 5.10 Å². The Morgan fingerprint density at radius 3 is 2.69 bits per heavy atom. The molecule has 0 saturated heterocycles. The van der Waals surface area contributed by atoms with Crippen molar-refractivity contribution < 1.29 is 0 Å². The monoisotopic (exact) mass is 236 g/mol. The van der Waals surface area contributed by atoms with Crippen molar-refractivity contribution in [3.8, 4) is 0 Å². The van der Waals surface area contributed by atoms with Crippen LogP contribution in [0.4, 0.5) is 0 Å². The third kappa shape index (κ3) is 1.91. The second-order valence-corrected chi connectivity index (χ2v) is 4.26. The molecule has 0 radical (unpaired) electrons. The second-order valence-electron chi connectivity index (χ2n) is 3.86. The molecule has 1 unspecified atom stereocenters. The van der Waals surface area contributed by atoms with Crippen LogP contribution in [-0.2, 0) is 0 Å². The summed E-state index contributed by atoms with van der Waals surface area (Å²) in [6.45, 7) is 3.91. The topological polar surface area (TPSA) is 37.8 Å². The van der Waals surface area contributed by atoms with Gasteiger partial charge in [0.15, 0.2) is 0 Å². The SMILES string of the molecule is Cc1ccc(C(C)n2[nH]ccc2=O)cc1Cl. The Morgan fingerprint density at radius 1 is 1.38 bits per heavy atom. The number of benzene rings is 1. The first-order valence-electron chi connectivity index (χ1n) is 5.11. The van der Waals surface area contributed by atoms with Gasteiger partial charge >= 0.3 is 0 Å². The first-order valence-corrected chi connectivity index (χ1v) is 5.49. The van der Waals surface area contributed by atoms with E-state index in [4.69, 9.17) is 11.6 Å². The van der Waals surface area contributed by atoms with Gasteiger partial charge in [-0.05, 0) is 31.0 Å². The highest BCUT2D eigenvalue weighted by Gasteiger charge is 2.10.